The van der Waals surface area contributed by atoms with Gasteiger partial charge in [0.25, 0.3) is 10.0 Å². The van der Waals surface area contributed by atoms with E-state index >= 15 is 0 Å². The van der Waals surface area contributed by atoms with Gasteiger partial charge in [-0.2, -0.15) is 4.31 Å². The number of sulfonamides is 1. The molecule has 0 spiro atoms. The van der Waals surface area contributed by atoms with E-state index in [0.717, 1.165) is 30.6 Å². The van der Waals surface area contributed by atoms with Crippen molar-refractivity contribution in [3.05, 3.63) is 17.0 Å². The lowest BCUT2D eigenvalue weighted by molar-refractivity contribution is -0.141. The van der Waals surface area contributed by atoms with Gasteiger partial charge in [0, 0.05) is 44.0 Å². The molecule has 0 bridgehead atoms. The lowest BCUT2D eigenvalue weighted by atomic mass is 9.81. The van der Waals surface area contributed by atoms with Gasteiger partial charge in [0.05, 0.1) is 11.8 Å². The number of rotatable bonds is 5. The number of imide groups is 1. The zero-order valence-electron chi connectivity index (χ0n) is 17.1. The third kappa shape index (κ3) is 3.92. The van der Waals surface area contributed by atoms with Crippen LogP contribution in [0.2, 0.25) is 0 Å². The predicted molar refractivity (Wildman–Crippen MR) is 111 cm³/mol. The summed E-state index contributed by atoms with van der Waals surface area (Å²) in [5, 5.41) is 0. The Kier molecular flexibility index (Phi) is 6.00. The summed E-state index contributed by atoms with van der Waals surface area (Å²) in [6, 6.07) is 3.41. The van der Waals surface area contributed by atoms with Crippen molar-refractivity contribution in [3.8, 4) is 0 Å². The zero-order chi connectivity index (χ0) is 21.5. The quantitative estimate of drug-likeness (QED) is 0.629. The summed E-state index contributed by atoms with van der Waals surface area (Å²) < 4.78 is 27.2. The maximum Gasteiger partial charge on any atom is 0.252 e. The Morgan fingerprint density at radius 2 is 1.63 bits per heavy atom. The molecule has 2 saturated heterocycles. The number of hydrogen-bond acceptors (Lipinski definition) is 6. The van der Waals surface area contributed by atoms with E-state index in [1.165, 1.54) is 20.5 Å². The predicted octanol–water partition coefficient (Wildman–Crippen LogP) is 1.45. The Hall–Kier alpha value is -1.78. The average molecular weight is 454 g/mol. The largest absolute Gasteiger partial charge is 0.340 e. The van der Waals surface area contributed by atoms with Crippen LogP contribution in [0.5, 0.6) is 0 Å². The Balaban J connectivity index is 1.30. The Morgan fingerprint density at radius 3 is 2.17 bits per heavy atom. The molecule has 0 radical (unpaired) electrons. The average Bonchev–Trinajstić information content (AvgIpc) is 3.29. The number of thiophene rings is 1. The zero-order valence-corrected chi connectivity index (χ0v) is 18.7. The van der Waals surface area contributed by atoms with Crippen molar-refractivity contribution in [1.29, 1.82) is 0 Å². The molecule has 1 aliphatic carbocycles. The van der Waals surface area contributed by atoms with Gasteiger partial charge in [0.2, 0.25) is 17.7 Å². The van der Waals surface area contributed by atoms with Gasteiger partial charge in [0.1, 0.15) is 4.21 Å². The van der Waals surface area contributed by atoms with Crippen LogP contribution in [-0.4, -0.2) is 73.0 Å². The summed E-state index contributed by atoms with van der Waals surface area (Å²) in [6.07, 6.45) is 3.57. The molecule has 3 aliphatic rings. The minimum absolute atomic E-state index is 0.0911. The number of carbonyl (C=O) groups excluding carboxylic acids is 3. The fourth-order valence-corrected chi connectivity index (χ4v) is 7.53. The van der Waals surface area contributed by atoms with Crippen molar-refractivity contribution in [2.24, 2.45) is 11.8 Å². The molecule has 164 valence electrons. The fourth-order valence-electron chi connectivity index (χ4n) is 4.67. The number of piperazine rings is 1. The third-order valence-corrected chi connectivity index (χ3v) is 9.75. The molecule has 4 rings (SSSR count). The van der Waals surface area contributed by atoms with Gasteiger partial charge in [-0.15, -0.1) is 11.3 Å². The topological polar surface area (TPSA) is 95.1 Å². The fraction of sp³-hybridized carbons (Fsp3) is 0.650. The molecule has 2 aliphatic heterocycles. The first-order chi connectivity index (χ1) is 14.3. The summed E-state index contributed by atoms with van der Waals surface area (Å²) >= 11 is 1.25. The minimum atomic E-state index is -3.53. The van der Waals surface area contributed by atoms with E-state index in [9.17, 15) is 22.8 Å². The minimum Gasteiger partial charge on any atom is -0.340 e. The maximum absolute atomic E-state index is 12.7. The first kappa shape index (κ1) is 21.5. The van der Waals surface area contributed by atoms with Crippen LogP contribution in [0.4, 0.5) is 0 Å². The van der Waals surface area contributed by atoms with E-state index in [4.69, 9.17) is 0 Å². The molecule has 0 aromatic carbocycles. The molecule has 1 saturated carbocycles. The summed E-state index contributed by atoms with van der Waals surface area (Å²) in [5.74, 6) is -0.791. The Labute approximate surface area is 180 Å². The number of nitrogens with zero attached hydrogens (tertiary/aromatic N) is 3. The van der Waals surface area contributed by atoms with Gasteiger partial charge in [-0.3, -0.25) is 19.3 Å². The second-order valence-electron chi connectivity index (χ2n) is 8.23. The standard InChI is InChI=1S/C20H27N3O5S2/c1-14-6-7-18(29-14)30(27,28)22-12-10-21(11-13-22)17(24)8-9-23-19(25)15-4-2-3-5-16(15)20(23)26/h6-7,15-16H,2-5,8-13H2,1H3/t15-,16-/m0/s1. The molecule has 8 nitrogen and oxygen atoms in total. The van der Waals surface area contributed by atoms with Gasteiger partial charge < -0.3 is 4.90 Å². The highest BCUT2D eigenvalue weighted by molar-refractivity contribution is 7.91. The Bertz CT molecular complexity index is 925. The lowest BCUT2D eigenvalue weighted by Gasteiger charge is -2.34. The molecule has 30 heavy (non-hydrogen) atoms. The van der Waals surface area contributed by atoms with Crippen molar-refractivity contribution < 1.29 is 22.8 Å². The molecular formula is C20H27N3O5S2. The molecule has 0 unspecified atom stereocenters. The van der Waals surface area contributed by atoms with Crippen LogP contribution < -0.4 is 0 Å². The van der Waals surface area contributed by atoms with Crippen LogP contribution in [0, 0.1) is 18.8 Å². The van der Waals surface area contributed by atoms with Gasteiger partial charge in [-0.1, -0.05) is 12.8 Å². The normalized spacial score (nSPS) is 25.6. The van der Waals surface area contributed by atoms with Gasteiger partial charge in [0.15, 0.2) is 0 Å². The van der Waals surface area contributed by atoms with Crippen LogP contribution in [0.15, 0.2) is 16.3 Å². The molecule has 2 atom stereocenters. The number of likely N-dealkylation sites (tertiary alicyclic amines) is 1. The monoisotopic (exact) mass is 453 g/mol. The van der Waals surface area contributed by atoms with Gasteiger partial charge in [-0.25, -0.2) is 8.42 Å². The number of fused-ring (bicyclic) bond motifs is 1. The molecule has 3 fully saturated rings. The maximum atomic E-state index is 12.7. The van der Waals surface area contributed by atoms with E-state index in [1.807, 2.05) is 6.92 Å². The molecular weight excluding hydrogens is 426 g/mol. The van der Waals surface area contributed by atoms with E-state index in [0.29, 0.717) is 17.3 Å². The van der Waals surface area contributed by atoms with Gasteiger partial charge in [-0.05, 0) is 31.9 Å². The smallest absolute Gasteiger partial charge is 0.252 e. The second-order valence-corrected chi connectivity index (χ2v) is 11.7. The summed E-state index contributed by atoms with van der Waals surface area (Å²) in [7, 11) is -3.53. The molecule has 0 N–H and O–H groups in total. The summed E-state index contributed by atoms with van der Waals surface area (Å²) in [4.78, 5) is 41.5. The van der Waals surface area contributed by atoms with Crippen LogP contribution in [0.1, 0.15) is 37.0 Å². The molecule has 3 heterocycles. The first-order valence-corrected chi connectivity index (χ1v) is 12.7. The number of aryl methyl sites for hydroxylation is 1. The third-order valence-electron chi connectivity index (χ3n) is 6.38. The van der Waals surface area contributed by atoms with E-state index in [1.54, 1.807) is 17.0 Å². The lowest BCUT2D eigenvalue weighted by Crippen LogP contribution is -2.50. The molecule has 1 aromatic heterocycles. The highest BCUT2D eigenvalue weighted by Gasteiger charge is 2.48. The second kappa shape index (κ2) is 8.39. The first-order valence-electron chi connectivity index (χ1n) is 10.5. The van der Waals surface area contributed by atoms with Gasteiger partial charge >= 0.3 is 0 Å². The van der Waals surface area contributed by atoms with Crippen molar-refractivity contribution in [2.45, 2.75) is 43.2 Å². The molecule has 3 amide bonds. The molecule has 1 aromatic rings. The molecule has 10 heteroatoms. The van der Waals surface area contributed by atoms with E-state index in [2.05, 4.69) is 0 Å². The van der Waals surface area contributed by atoms with Crippen LogP contribution in [0.25, 0.3) is 0 Å². The van der Waals surface area contributed by atoms with E-state index < -0.39 is 10.0 Å². The summed E-state index contributed by atoms with van der Waals surface area (Å²) in [6.45, 7) is 3.11. The van der Waals surface area contributed by atoms with Crippen molar-refractivity contribution in [3.63, 3.8) is 0 Å². The summed E-state index contributed by atoms with van der Waals surface area (Å²) in [5.41, 5.74) is 0. The van der Waals surface area contributed by atoms with E-state index in [-0.39, 0.29) is 55.6 Å². The SMILES string of the molecule is Cc1ccc(S(=O)(=O)N2CCN(C(=O)CCN3C(=O)[C@H]4CCCC[C@@H]4C3=O)CC2)s1. The number of amides is 3. The van der Waals surface area contributed by atoms with Crippen LogP contribution in [0.3, 0.4) is 0 Å². The van der Waals surface area contributed by atoms with Crippen molar-refractivity contribution in [2.75, 3.05) is 32.7 Å². The number of hydrogen-bond donors (Lipinski definition) is 0. The Morgan fingerprint density at radius 1 is 1.03 bits per heavy atom. The highest BCUT2D eigenvalue weighted by Crippen LogP contribution is 2.38. The van der Waals surface area contributed by atoms with Crippen LogP contribution in [-0.2, 0) is 24.4 Å². The van der Waals surface area contributed by atoms with Crippen molar-refractivity contribution >= 4 is 39.1 Å². The van der Waals surface area contributed by atoms with Crippen LogP contribution >= 0.6 is 11.3 Å². The number of carbonyl (C=O) groups is 3. The highest BCUT2D eigenvalue weighted by atomic mass is 32.2. The van der Waals surface area contributed by atoms with Crippen molar-refractivity contribution in [1.82, 2.24) is 14.1 Å².